The molecule has 0 saturated heterocycles. The van der Waals surface area contributed by atoms with E-state index in [1.807, 2.05) is 24.3 Å². The van der Waals surface area contributed by atoms with Crippen LogP contribution in [-0.2, 0) is 9.53 Å². The average molecular weight is 422 g/mol. The van der Waals surface area contributed by atoms with Crippen LogP contribution in [0.2, 0.25) is 0 Å². The first-order valence-corrected chi connectivity index (χ1v) is 11.2. The minimum atomic E-state index is -0.904. The molecule has 0 aliphatic heterocycles. The van der Waals surface area contributed by atoms with Crippen molar-refractivity contribution >= 4 is 12.1 Å². The number of hydrogen-bond donors (Lipinski definition) is 2. The standard InChI is InChI=1S/C26H31NO4/c1-17(2)18-8-7-13-26(14-18,24(28)29)16-27-25(30)31-15-23-21-11-5-3-9-19(21)20-10-4-6-12-22(20)23/h3-6,9-12,17-18,23H,7-8,13-16H2,1-2H3,(H,27,30)(H,28,29). The van der Waals surface area contributed by atoms with Gasteiger partial charge in [0.15, 0.2) is 0 Å². The van der Waals surface area contributed by atoms with Gasteiger partial charge in [-0.15, -0.1) is 0 Å². The number of rotatable bonds is 6. The van der Waals surface area contributed by atoms with Crippen LogP contribution >= 0.6 is 0 Å². The minimum absolute atomic E-state index is 0.00779. The van der Waals surface area contributed by atoms with Crippen molar-refractivity contribution in [3.63, 3.8) is 0 Å². The number of aliphatic carboxylic acids is 1. The molecule has 0 bridgehead atoms. The molecule has 2 aromatic carbocycles. The van der Waals surface area contributed by atoms with Gasteiger partial charge >= 0.3 is 12.1 Å². The van der Waals surface area contributed by atoms with E-state index in [9.17, 15) is 14.7 Å². The van der Waals surface area contributed by atoms with E-state index >= 15 is 0 Å². The summed E-state index contributed by atoms with van der Waals surface area (Å²) in [7, 11) is 0. The summed E-state index contributed by atoms with van der Waals surface area (Å²) in [4.78, 5) is 24.6. The van der Waals surface area contributed by atoms with E-state index < -0.39 is 17.5 Å². The third kappa shape index (κ3) is 4.18. The predicted octanol–water partition coefficient (Wildman–Crippen LogP) is 5.44. The van der Waals surface area contributed by atoms with Gasteiger partial charge in [0.1, 0.15) is 6.61 Å². The summed E-state index contributed by atoms with van der Waals surface area (Å²) in [5, 5.41) is 12.7. The van der Waals surface area contributed by atoms with Gasteiger partial charge < -0.3 is 15.2 Å². The maximum Gasteiger partial charge on any atom is 0.407 e. The Morgan fingerprint density at radius 1 is 1.10 bits per heavy atom. The Hall–Kier alpha value is -2.82. The third-order valence-electron chi connectivity index (χ3n) is 7.19. The van der Waals surface area contributed by atoms with E-state index in [0.29, 0.717) is 24.7 Å². The summed E-state index contributed by atoms with van der Waals surface area (Å²) in [6, 6.07) is 16.4. The fourth-order valence-corrected chi connectivity index (χ4v) is 5.30. The van der Waals surface area contributed by atoms with Crippen LogP contribution in [-0.4, -0.2) is 30.3 Å². The zero-order valence-corrected chi connectivity index (χ0v) is 18.3. The van der Waals surface area contributed by atoms with Crippen molar-refractivity contribution in [2.24, 2.45) is 17.3 Å². The minimum Gasteiger partial charge on any atom is -0.481 e. The summed E-state index contributed by atoms with van der Waals surface area (Å²) in [6.45, 7) is 4.62. The number of ether oxygens (including phenoxy) is 1. The van der Waals surface area contributed by atoms with E-state index in [4.69, 9.17) is 4.74 Å². The fraction of sp³-hybridized carbons (Fsp3) is 0.462. The lowest BCUT2D eigenvalue weighted by Gasteiger charge is -2.39. The second-order valence-corrected chi connectivity index (χ2v) is 9.37. The zero-order chi connectivity index (χ0) is 22.0. The topological polar surface area (TPSA) is 75.6 Å². The smallest absolute Gasteiger partial charge is 0.407 e. The van der Waals surface area contributed by atoms with Gasteiger partial charge in [0, 0.05) is 12.5 Å². The Morgan fingerprint density at radius 2 is 1.71 bits per heavy atom. The van der Waals surface area contributed by atoms with Crippen molar-refractivity contribution in [3.8, 4) is 11.1 Å². The molecule has 0 heterocycles. The van der Waals surface area contributed by atoms with E-state index in [0.717, 1.165) is 24.0 Å². The molecule has 0 radical (unpaired) electrons. The first-order valence-electron chi connectivity index (χ1n) is 11.2. The van der Waals surface area contributed by atoms with Crippen LogP contribution in [0.1, 0.15) is 56.6 Å². The molecule has 2 aliphatic carbocycles. The van der Waals surface area contributed by atoms with Crippen LogP contribution in [0.25, 0.3) is 11.1 Å². The number of carbonyl (C=O) groups excluding carboxylic acids is 1. The van der Waals surface area contributed by atoms with Crippen molar-refractivity contribution in [2.75, 3.05) is 13.2 Å². The van der Waals surface area contributed by atoms with Crippen LogP contribution in [0.3, 0.4) is 0 Å². The SMILES string of the molecule is CC(C)C1CCCC(CNC(=O)OCC2c3ccccc3-c3ccccc32)(C(=O)O)C1. The molecule has 5 nitrogen and oxygen atoms in total. The van der Waals surface area contributed by atoms with Crippen LogP contribution in [0.4, 0.5) is 4.79 Å². The molecular weight excluding hydrogens is 390 g/mol. The largest absolute Gasteiger partial charge is 0.481 e. The van der Waals surface area contributed by atoms with Gasteiger partial charge in [0.25, 0.3) is 0 Å². The number of carboxylic acids is 1. The molecule has 2 N–H and O–H groups in total. The third-order valence-corrected chi connectivity index (χ3v) is 7.19. The predicted molar refractivity (Wildman–Crippen MR) is 120 cm³/mol. The number of alkyl carbamates (subject to hydrolysis) is 1. The molecule has 2 aliphatic rings. The van der Waals surface area contributed by atoms with Gasteiger partial charge in [-0.05, 0) is 46.9 Å². The van der Waals surface area contributed by atoms with Gasteiger partial charge in [0.05, 0.1) is 5.41 Å². The van der Waals surface area contributed by atoms with Crippen molar-refractivity contribution in [1.29, 1.82) is 0 Å². The molecule has 31 heavy (non-hydrogen) atoms. The normalized spacial score (nSPS) is 22.6. The van der Waals surface area contributed by atoms with Crippen molar-refractivity contribution < 1.29 is 19.4 Å². The summed E-state index contributed by atoms with van der Waals surface area (Å²) < 4.78 is 5.59. The lowest BCUT2D eigenvalue weighted by molar-refractivity contribution is -0.152. The van der Waals surface area contributed by atoms with Crippen molar-refractivity contribution in [3.05, 3.63) is 59.7 Å². The molecule has 2 atom stereocenters. The highest BCUT2D eigenvalue weighted by Gasteiger charge is 2.44. The van der Waals surface area contributed by atoms with Gasteiger partial charge in [-0.25, -0.2) is 4.79 Å². The molecule has 1 fully saturated rings. The summed E-state index contributed by atoms with van der Waals surface area (Å²) >= 11 is 0. The van der Waals surface area contributed by atoms with E-state index in [1.54, 1.807) is 0 Å². The molecule has 2 aromatic rings. The number of hydrogen-bond acceptors (Lipinski definition) is 3. The monoisotopic (exact) mass is 421 g/mol. The second-order valence-electron chi connectivity index (χ2n) is 9.37. The average Bonchev–Trinajstić information content (AvgIpc) is 3.10. The first kappa shape index (κ1) is 21.4. The van der Waals surface area contributed by atoms with Crippen molar-refractivity contribution in [1.82, 2.24) is 5.32 Å². The van der Waals surface area contributed by atoms with E-state index in [-0.39, 0.29) is 19.1 Å². The first-order chi connectivity index (χ1) is 14.9. The lowest BCUT2D eigenvalue weighted by Crippen LogP contribution is -2.46. The number of carbonyl (C=O) groups is 2. The molecule has 4 rings (SSSR count). The Bertz CT molecular complexity index is 924. The highest BCUT2D eigenvalue weighted by atomic mass is 16.5. The molecule has 1 amide bonds. The number of nitrogens with one attached hydrogen (secondary N) is 1. The quantitative estimate of drug-likeness (QED) is 0.651. The van der Waals surface area contributed by atoms with Crippen LogP contribution in [0, 0.1) is 17.3 Å². The summed E-state index contributed by atoms with van der Waals surface area (Å²) in [6.07, 6.45) is 2.58. The molecular formula is C26H31NO4. The molecule has 5 heteroatoms. The van der Waals surface area contributed by atoms with Crippen LogP contribution in [0.5, 0.6) is 0 Å². The molecule has 0 aromatic heterocycles. The Kier molecular flexibility index (Phi) is 6.03. The fourth-order valence-electron chi connectivity index (χ4n) is 5.30. The zero-order valence-electron chi connectivity index (χ0n) is 18.3. The Labute approximate surface area is 183 Å². The van der Waals surface area contributed by atoms with E-state index in [1.165, 1.54) is 11.1 Å². The number of fused-ring (bicyclic) bond motifs is 3. The van der Waals surface area contributed by atoms with Gasteiger partial charge in [-0.3, -0.25) is 4.79 Å². The van der Waals surface area contributed by atoms with Gasteiger partial charge in [-0.2, -0.15) is 0 Å². The number of benzene rings is 2. The molecule has 0 spiro atoms. The Morgan fingerprint density at radius 3 is 2.29 bits per heavy atom. The molecule has 2 unspecified atom stereocenters. The summed E-state index contributed by atoms with van der Waals surface area (Å²) in [5.74, 6) is -0.0222. The van der Waals surface area contributed by atoms with Crippen LogP contribution < -0.4 is 5.32 Å². The number of amides is 1. The number of carboxylic acid groups (broad SMARTS) is 1. The highest BCUT2D eigenvalue weighted by Crippen LogP contribution is 2.45. The molecule has 1 saturated carbocycles. The van der Waals surface area contributed by atoms with E-state index in [2.05, 4.69) is 43.4 Å². The highest BCUT2D eigenvalue weighted by molar-refractivity contribution is 5.79. The Balaban J connectivity index is 1.40. The second kappa shape index (κ2) is 8.74. The lowest BCUT2D eigenvalue weighted by atomic mass is 9.66. The van der Waals surface area contributed by atoms with Crippen LogP contribution in [0.15, 0.2) is 48.5 Å². The summed E-state index contributed by atoms with van der Waals surface area (Å²) in [5.41, 5.74) is 3.77. The molecule has 164 valence electrons. The van der Waals surface area contributed by atoms with Gasteiger partial charge in [-0.1, -0.05) is 75.2 Å². The maximum absolute atomic E-state index is 12.5. The maximum atomic E-state index is 12.5. The van der Waals surface area contributed by atoms with Gasteiger partial charge in [0.2, 0.25) is 0 Å². The van der Waals surface area contributed by atoms with Crippen molar-refractivity contribution in [2.45, 2.75) is 45.4 Å².